The molecule has 17 heavy (non-hydrogen) atoms. The molecule has 3 rings (SSSR count). The molecular formula is C14H18O3. The second-order valence-electron chi connectivity index (χ2n) is 5.02. The van der Waals surface area contributed by atoms with Crippen molar-refractivity contribution in [3.63, 3.8) is 0 Å². The normalized spacial score (nSPS) is 35.4. The smallest absolute Gasteiger partial charge is 0.0975 e. The van der Waals surface area contributed by atoms with E-state index in [0.29, 0.717) is 6.61 Å². The van der Waals surface area contributed by atoms with Gasteiger partial charge in [-0.25, -0.2) is 0 Å². The molecule has 2 fully saturated rings. The van der Waals surface area contributed by atoms with Crippen LogP contribution in [-0.2, 0) is 16.1 Å². The number of ether oxygens (including phenoxy) is 2. The zero-order valence-corrected chi connectivity index (χ0v) is 9.84. The van der Waals surface area contributed by atoms with Crippen LogP contribution in [0.1, 0.15) is 24.8 Å². The Morgan fingerprint density at radius 3 is 2.88 bits per heavy atom. The van der Waals surface area contributed by atoms with Gasteiger partial charge in [-0.05, 0) is 18.4 Å². The Balaban J connectivity index is 1.50. The topological polar surface area (TPSA) is 38.7 Å². The van der Waals surface area contributed by atoms with E-state index in [1.165, 1.54) is 5.56 Å². The van der Waals surface area contributed by atoms with Crippen LogP contribution in [0.15, 0.2) is 30.3 Å². The molecule has 1 aromatic carbocycles. The average Bonchev–Trinajstić information content (AvgIpc) is 2.87. The SMILES string of the molecule is OCC1CC[C@]2(CC2OCc2ccccc2)O1. The van der Waals surface area contributed by atoms with Crippen molar-refractivity contribution in [2.45, 2.75) is 43.7 Å². The standard InChI is InChI=1S/C14H18O3/c15-9-12-6-7-14(17-12)8-13(14)16-10-11-4-2-1-3-5-11/h1-5,12-13,15H,6-10H2/t12?,13?,14-/m1/s1. The average molecular weight is 234 g/mol. The summed E-state index contributed by atoms with van der Waals surface area (Å²) < 4.78 is 11.7. The third kappa shape index (κ3) is 2.23. The molecule has 0 radical (unpaired) electrons. The van der Waals surface area contributed by atoms with Crippen LogP contribution in [0.2, 0.25) is 0 Å². The fraction of sp³-hybridized carbons (Fsp3) is 0.571. The molecular weight excluding hydrogens is 216 g/mol. The predicted molar refractivity (Wildman–Crippen MR) is 63.6 cm³/mol. The molecule has 0 amide bonds. The van der Waals surface area contributed by atoms with Gasteiger partial charge in [0.25, 0.3) is 0 Å². The van der Waals surface area contributed by atoms with Gasteiger partial charge in [0.2, 0.25) is 0 Å². The van der Waals surface area contributed by atoms with Crippen LogP contribution in [0.3, 0.4) is 0 Å². The van der Waals surface area contributed by atoms with Crippen molar-refractivity contribution in [3.05, 3.63) is 35.9 Å². The Morgan fingerprint density at radius 2 is 2.18 bits per heavy atom. The van der Waals surface area contributed by atoms with E-state index in [4.69, 9.17) is 14.6 Å². The Morgan fingerprint density at radius 1 is 1.35 bits per heavy atom. The molecule has 1 heterocycles. The van der Waals surface area contributed by atoms with Gasteiger partial charge in [-0.15, -0.1) is 0 Å². The monoisotopic (exact) mass is 234 g/mol. The fourth-order valence-corrected chi connectivity index (χ4v) is 2.61. The highest BCUT2D eigenvalue weighted by Crippen LogP contribution is 2.51. The quantitative estimate of drug-likeness (QED) is 0.864. The minimum absolute atomic E-state index is 0.0281. The van der Waals surface area contributed by atoms with Gasteiger partial charge in [0, 0.05) is 6.42 Å². The first-order valence-electron chi connectivity index (χ1n) is 6.27. The van der Waals surface area contributed by atoms with Gasteiger partial charge < -0.3 is 14.6 Å². The molecule has 3 atom stereocenters. The van der Waals surface area contributed by atoms with Crippen LogP contribution >= 0.6 is 0 Å². The lowest BCUT2D eigenvalue weighted by Gasteiger charge is -2.12. The van der Waals surface area contributed by atoms with Gasteiger partial charge in [0.05, 0.1) is 31.0 Å². The second-order valence-corrected chi connectivity index (χ2v) is 5.02. The van der Waals surface area contributed by atoms with Gasteiger partial charge >= 0.3 is 0 Å². The molecule has 3 nitrogen and oxygen atoms in total. The number of benzene rings is 1. The summed E-state index contributed by atoms with van der Waals surface area (Å²) in [5.74, 6) is 0. The lowest BCUT2D eigenvalue weighted by molar-refractivity contribution is -0.0404. The Labute approximate surface area is 101 Å². The number of aliphatic hydroxyl groups is 1. The molecule has 0 aromatic heterocycles. The lowest BCUT2D eigenvalue weighted by atomic mass is 10.2. The van der Waals surface area contributed by atoms with Crippen LogP contribution in [0.5, 0.6) is 0 Å². The molecule has 92 valence electrons. The van der Waals surface area contributed by atoms with E-state index in [1.807, 2.05) is 18.2 Å². The summed E-state index contributed by atoms with van der Waals surface area (Å²) in [5, 5.41) is 9.05. The third-order valence-corrected chi connectivity index (χ3v) is 3.75. The summed E-state index contributed by atoms with van der Waals surface area (Å²) in [6.45, 7) is 0.785. The first-order chi connectivity index (χ1) is 8.32. The highest BCUT2D eigenvalue weighted by Gasteiger charge is 2.60. The Hall–Kier alpha value is -0.900. The van der Waals surface area contributed by atoms with Gasteiger partial charge in [-0.3, -0.25) is 0 Å². The van der Waals surface area contributed by atoms with E-state index in [-0.39, 0.29) is 24.4 Å². The van der Waals surface area contributed by atoms with Crippen molar-refractivity contribution < 1.29 is 14.6 Å². The number of rotatable bonds is 4. The van der Waals surface area contributed by atoms with Crippen molar-refractivity contribution in [1.82, 2.24) is 0 Å². The van der Waals surface area contributed by atoms with E-state index in [1.54, 1.807) is 0 Å². The molecule has 0 bridgehead atoms. The summed E-state index contributed by atoms with van der Waals surface area (Å²) >= 11 is 0. The summed E-state index contributed by atoms with van der Waals surface area (Å²) in [4.78, 5) is 0. The van der Waals surface area contributed by atoms with Crippen molar-refractivity contribution >= 4 is 0 Å². The summed E-state index contributed by atoms with van der Waals surface area (Å²) in [6.07, 6.45) is 3.22. The maximum absolute atomic E-state index is 9.05. The summed E-state index contributed by atoms with van der Waals surface area (Å²) in [6, 6.07) is 10.2. The van der Waals surface area contributed by atoms with Crippen LogP contribution in [0.4, 0.5) is 0 Å². The predicted octanol–water partition coefficient (Wildman–Crippen LogP) is 1.89. The van der Waals surface area contributed by atoms with Gasteiger partial charge in [-0.1, -0.05) is 30.3 Å². The Kier molecular flexibility index (Phi) is 2.90. The first-order valence-corrected chi connectivity index (χ1v) is 6.27. The third-order valence-electron chi connectivity index (χ3n) is 3.75. The highest BCUT2D eigenvalue weighted by atomic mass is 16.6. The molecule has 2 unspecified atom stereocenters. The molecule has 1 aliphatic carbocycles. The minimum Gasteiger partial charge on any atom is -0.394 e. The van der Waals surface area contributed by atoms with E-state index < -0.39 is 0 Å². The first kappa shape index (κ1) is 11.2. The van der Waals surface area contributed by atoms with Crippen LogP contribution in [0, 0.1) is 0 Å². The molecule has 1 aliphatic heterocycles. The van der Waals surface area contributed by atoms with Crippen LogP contribution < -0.4 is 0 Å². The van der Waals surface area contributed by atoms with Gasteiger partial charge in [0.1, 0.15) is 0 Å². The van der Waals surface area contributed by atoms with E-state index >= 15 is 0 Å². The summed E-state index contributed by atoms with van der Waals surface area (Å²) in [7, 11) is 0. The van der Waals surface area contributed by atoms with Gasteiger partial charge in [-0.2, -0.15) is 0 Å². The van der Waals surface area contributed by atoms with E-state index in [2.05, 4.69) is 12.1 Å². The maximum Gasteiger partial charge on any atom is 0.0975 e. The largest absolute Gasteiger partial charge is 0.394 e. The minimum atomic E-state index is -0.0673. The van der Waals surface area contributed by atoms with Crippen molar-refractivity contribution in [3.8, 4) is 0 Å². The fourth-order valence-electron chi connectivity index (χ4n) is 2.61. The molecule has 3 heteroatoms. The highest BCUT2D eigenvalue weighted by molar-refractivity contribution is 5.15. The molecule has 1 aromatic rings. The van der Waals surface area contributed by atoms with E-state index in [0.717, 1.165) is 19.3 Å². The number of hydrogen-bond acceptors (Lipinski definition) is 3. The van der Waals surface area contributed by atoms with E-state index in [9.17, 15) is 0 Å². The zero-order chi connectivity index (χ0) is 11.7. The molecule has 1 spiro atoms. The molecule has 1 N–H and O–H groups in total. The number of aliphatic hydroxyl groups excluding tert-OH is 1. The molecule has 1 saturated heterocycles. The van der Waals surface area contributed by atoms with Crippen LogP contribution in [0.25, 0.3) is 0 Å². The molecule has 1 saturated carbocycles. The second kappa shape index (κ2) is 4.41. The Bertz CT molecular complexity index is 378. The van der Waals surface area contributed by atoms with Crippen molar-refractivity contribution in [2.24, 2.45) is 0 Å². The maximum atomic E-state index is 9.05. The van der Waals surface area contributed by atoms with Crippen LogP contribution in [-0.4, -0.2) is 29.5 Å². The summed E-state index contributed by atoms with van der Waals surface area (Å²) in [5.41, 5.74) is 1.13. The van der Waals surface area contributed by atoms with Gasteiger partial charge in [0.15, 0.2) is 0 Å². The molecule has 2 aliphatic rings. The zero-order valence-electron chi connectivity index (χ0n) is 9.84. The lowest BCUT2D eigenvalue weighted by Crippen LogP contribution is -2.19. The van der Waals surface area contributed by atoms with Crippen molar-refractivity contribution in [2.75, 3.05) is 6.61 Å². The number of hydrogen-bond donors (Lipinski definition) is 1. The van der Waals surface area contributed by atoms with Crippen molar-refractivity contribution in [1.29, 1.82) is 0 Å².